The summed E-state index contributed by atoms with van der Waals surface area (Å²) in [7, 11) is 2.18. The van der Waals surface area contributed by atoms with E-state index in [1.165, 1.54) is 0 Å². The maximum absolute atomic E-state index is 5.97. The van der Waals surface area contributed by atoms with Crippen LogP contribution in [0.4, 0.5) is 0 Å². The molecule has 1 atom stereocenters. The van der Waals surface area contributed by atoms with Gasteiger partial charge >= 0.3 is 0 Å². The molecule has 0 aliphatic rings. The minimum atomic E-state index is -0.0497. The Morgan fingerprint density at radius 3 is 1.86 bits per heavy atom. The second-order valence-corrected chi connectivity index (χ2v) is 6.26. The number of hydrogen-bond donors (Lipinski definition) is 1. The molecule has 0 aromatic heterocycles. The van der Waals surface area contributed by atoms with Gasteiger partial charge in [-0.05, 0) is 46.2 Å². The third-order valence-electron chi connectivity index (χ3n) is 3.02. The molecule has 0 bridgehead atoms. The summed E-state index contributed by atoms with van der Waals surface area (Å²) in [6, 6.07) is 0.588. The third kappa shape index (κ3) is 5.61. The van der Waals surface area contributed by atoms with E-state index in [1.807, 2.05) is 0 Å². The van der Waals surface area contributed by atoms with Gasteiger partial charge in [0, 0.05) is 11.6 Å². The molecule has 1 unspecified atom stereocenters. The van der Waals surface area contributed by atoms with Gasteiger partial charge in [0.2, 0.25) is 0 Å². The van der Waals surface area contributed by atoms with Gasteiger partial charge in [-0.15, -0.1) is 0 Å². The highest BCUT2D eigenvalue weighted by Crippen LogP contribution is 2.23. The van der Waals surface area contributed by atoms with Gasteiger partial charge in [0.25, 0.3) is 0 Å². The lowest BCUT2D eigenvalue weighted by atomic mass is 9.87. The molecule has 0 aliphatic heterocycles. The number of rotatable bonds is 4. The van der Waals surface area contributed by atoms with Crippen LogP contribution in [0.3, 0.4) is 0 Å². The molecule has 0 saturated carbocycles. The molecule has 2 N–H and O–H groups in total. The Hall–Kier alpha value is -0.0800. The van der Waals surface area contributed by atoms with Gasteiger partial charge in [-0.3, -0.25) is 0 Å². The summed E-state index contributed by atoms with van der Waals surface area (Å²) >= 11 is 0. The Morgan fingerprint density at radius 2 is 1.57 bits per heavy atom. The van der Waals surface area contributed by atoms with Crippen LogP contribution in [0.1, 0.15) is 48.0 Å². The fraction of sp³-hybridized carbons (Fsp3) is 1.00. The Balaban J connectivity index is 4.03. The lowest BCUT2D eigenvalue weighted by molar-refractivity contribution is 0.133. The predicted octanol–water partition coefficient (Wildman–Crippen LogP) is 2.48. The smallest absolute Gasteiger partial charge is 0.0112 e. The Kier molecular flexibility index (Phi) is 4.60. The zero-order chi connectivity index (χ0) is 11.6. The highest BCUT2D eigenvalue weighted by molar-refractivity contribution is 4.80. The van der Waals surface area contributed by atoms with Gasteiger partial charge in [-0.1, -0.05) is 20.8 Å². The molecule has 14 heavy (non-hydrogen) atoms. The van der Waals surface area contributed by atoms with Crippen LogP contribution in [0.2, 0.25) is 0 Å². The van der Waals surface area contributed by atoms with Crippen molar-refractivity contribution in [2.24, 2.45) is 11.1 Å². The second-order valence-electron chi connectivity index (χ2n) is 6.26. The summed E-state index contributed by atoms with van der Waals surface area (Å²) in [5.74, 6) is 0. The highest BCUT2D eigenvalue weighted by atomic mass is 15.1. The first-order valence-electron chi connectivity index (χ1n) is 5.53. The van der Waals surface area contributed by atoms with E-state index in [-0.39, 0.29) is 5.54 Å². The van der Waals surface area contributed by atoms with E-state index < -0.39 is 0 Å². The lowest BCUT2D eigenvalue weighted by Gasteiger charge is -2.36. The zero-order valence-corrected chi connectivity index (χ0v) is 11.0. The van der Waals surface area contributed by atoms with Crippen molar-refractivity contribution in [2.45, 2.75) is 59.5 Å². The average molecular weight is 200 g/mol. The number of nitrogens with two attached hydrogens (primary N) is 1. The van der Waals surface area contributed by atoms with E-state index in [4.69, 9.17) is 5.73 Å². The molecule has 86 valence electrons. The Bertz CT molecular complexity index is 162. The van der Waals surface area contributed by atoms with Crippen molar-refractivity contribution < 1.29 is 0 Å². The number of nitrogens with zero attached hydrogens (tertiary/aromatic N) is 1. The molecule has 0 radical (unpaired) electrons. The van der Waals surface area contributed by atoms with Crippen LogP contribution in [0.25, 0.3) is 0 Å². The minimum absolute atomic E-state index is 0.0497. The van der Waals surface area contributed by atoms with Crippen molar-refractivity contribution in [3.63, 3.8) is 0 Å². The van der Waals surface area contributed by atoms with Crippen LogP contribution >= 0.6 is 0 Å². The van der Waals surface area contributed by atoms with Gasteiger partial charge in [0.15, 0.2) is 0 Å². The monoisotopic (exact) mass is 200 g/mol. The molecule has 0 spiro atoms. The molecule has 0 aromatic rings. The van der Waals surface area contributed by atoms with E-state index >= 15 is 0 Å². The Morgan fingerprint density at radius 1 is 1.14 bits per heavy atom. The largest absolute Gasteiger partial charge is 0.326 e. The fourth-order valence-electron chi connectivity index (χ4n) is 1.32. The third-order valence-corrected chi connectivity index (χ3v) is 3.02. The van der Waals surface area contributed by atoms with Gasteiger partial charge < -0.3 is 10.6 Å². The molecule has 0 saturated heterocycles. The summed E-state index contributed by atoms with van der Waals surface area (Å²) in [5, 5.41) is 0. The average Bonchev–Trinajstić information content (AvgIpc) is 1.95. The Labute approximate surface area is 89.9 Å². The normalized spacial score (nSPS) is 16.1. The SMILES string of the molecule is CC(N(C)CCC(C)(C)N)C(C)(C)C. The lowest BCUT2D eigenvalue weighted by Crippen LogP contribution is -2.43. The summed E-state index contributed by atoms with van der Waals surface area (Å²) in [6.07, 6.45) is 1.05. The molecule has 0 aromatic carbocycles. The van der Waals surface area contributed by atoms with Crippen molar-refractivity contribution in [3.05, 3.63) is 0 Å². The van der Waals surface area contributed by atoms with Gasteiger partial charge in [-0.2, -0.15) is 0 Å². The van der Waals surface area contributed by atoms with E-state index in [1.54, 1.807) is 0 Å². The van der Waals surface area contributed by atoms with Crippen molar-refractivity contribution >= 4 is 0 Å². The van der Waals surface area contributed by atoms with Crippen molar-refractivity contribution in [3.8, 4) is 0 Å². The molecule has 0 aliphatic carbocycles. The van der Waals surface area contributed by atoms with Crippen molar-refractivity contribution in [2.75, 3.05) is 13.6 Å². The maximum atomic E-state index is 5.97. The van der Waals surface area contributed by atoms with Gasteiger partial charge in [0.1, 0.15) is 0 Å². The summed E-state index contributed by atoms with van der Waals surface area (Å²) in [6.45, 7) is 14.4. The van der Waals surface area contributed by atoms with Crippen LogP contribution in [-0.2, 0) is 0 Å². The molecular weight excluding hydrogens is 172 g/mol. The molecule has 2 nitrogen and oxygen atoms in total. The first-order valence-corrected chi connectivity index (χ1v) is 5.53. The standard InChI is InChI=1S/C12H28N2/c1-10(11(2,3)4)14(7)9-8-12(5,6)13/h10H,8-9,13H2,1-7H3. The minimum Gasteiger partial charge on any atom is -0.326 e. The van der Waals surface area contributed by atoms with E-state index in [2.05, 4.69) is 53.5 Å². The van der Waals surface area contributed by atoms with Crippen molar-refractivity contribution in [1.82, 2.24) is 4.90 Å². The topological polar surface area (TPSA) is 29.3 Å². The second kappa shape index (κ2) is 4.63. The molecule has 0 rings (SSSR count). The molecule has 0 fully saturated rings. The molecule has 2 heteroatoms. The fourth-order valence-corrected chi connectivity index (χ4v) is 1.32. The van der Waals surface area contributed by atoms with Gasteiger partial charge in [-0.25, -0.2) is 0 Å². The highest BCUT2D eigenvalue weighted by Gasteiger charge is 2.24. The van der Waals surface area contributed by atoms with Crippen molar-refractivity contribution in [1.29, 1.82) is 0 Å². The predicted molar refractivity (Wildman–Crippen MR) is 64.4 cm³/mol. The summed E-state index contributed by atoms with van der Waals surface area (Å²) < 4.78 is 0. The van der Waals surface area contributed by atoms with E-state index in [0.29, 0.717) is 11.5 Å². The quantitative estimate of drug-likeness (QED) is 0.755. The van der Waals surface area contributed by atoms with E-state index in [0.717, 1.165) is 13.0 Å². The van der Waals surface area contributed by atoms with Crippen LogP contribution in [-0.4, -0.2) is 30.1 Å². The molecule has 0 heterocycles. The first kappa shape index (κ1) is 13.9. The maximum Gasteiger partial charge on any atom is 0.0112 e. The van der Waals surface area contributed by atoms with Crippen LogP contribution in [0.15, 0.2) is 0 Å². The van der Waals surface area contributed by atoms with Crippen LogP contribution in [0.5, 0.6) is 0 Å². The van der Waals surface area contributed by atoms with Crippen LogP contribution in [0, 0.1) is 5.41 Å². The zero-order valence-electron chi connectivity index (χ0n) is 11.0. The first-order chi connectivity index (χ1) is 6.04. The summed E-state index contributed by atoms with van der Waals surface area (Å²) in [4.78, 5) is 2.40. The molecular formula is C12H28N2. The molecule has 0 amide bonds. The summed E-state index contributed by atoms with van der Waals surface area (Å²) in [5.41, 5.74) is 6.26. The number of hydrogen-bond acceptors (Lipinski definition) is 2. The van der Waals surface area contributed by atoms with E-state index in [9.17, 15) is 0 Å². The van der Waals surface area contributed by atoms with Crippen LogP contribution < -0.4 is 5.73 Å². The van der Waals surface area contributed by atoms with Gasteiger partial charge in [0.05, 0.1) is 0 Å².